The van der Waals surface area contributed by atoms with E-state index >= 15 is 0 Å². The van der Waals surface area contributed by atoms with Gasteiger partial charge in [-0.25, -0.2) is 14.3 Å². The molecule has 0 aliphatic carbocycles. The topological polar surface area (TPSA) is 66.5 Å². The summed E-state index contributed by atoms with van der Waals surface area (Å²) in [6.07, 6.45) is -0.661. The first kappa shape index (κ1) is 22.3. The van der Waals surface area contributed by atoms with Crippen LogP contribution in [-0.4, -0.2) is 48.0 Å². The molecule has 11 heteroatoms. The number of pyridine rings is 1. The zero-order valence-corrected chi connectivity index (χ0v) is 19.2. The van der Waals surface area contributed by atoms with Gasteiger partial charge in [-0.15, -0.1) is 0 Å². The molecule has 2 aliphatic rings. The average Bonchev–Trinajstić information content (AvgIpc) is 3.35. The zero-order chi connectivity index (χ0) is 22.2. The molecule has 0 bridgehead atoms. The third-order valence-electron chi connectivity index (χ3n) is 5.55. The molecule has 2 unspecified atom stereocenters. The van der Waals surface area contributed by atoms with Gasteiger partial charge in [-0.1, -0.05) is 39.7 Å². The van der Waals surface area contributed by atoms with Crippen molar-refractivity contribution in [2.45, 2.75) is 24.3 Å². The van der Waals surface area contributed by atoms with Crippen LogP contribution >= 0.6 is 39.7 Å². The van der Waals surface area contributed by atoms with E-state index < -0.39 is 17.9 Å². The van der Waals surface area contributed by atoms with Gasteiger partial charge in [-0.2, -0.15) is 0 Å². The van der Waals surface area contributed by atoms with Crippen molar-refractivity contribution in [1.29, 1.82) is 0 Å². The van der Waals surface area contributed by atoms with Gasteiger partial charge in [0.05, 0.1) is 23.0 Å². The normalized spacial score (nSPS) is 23.3. The predicted molar refractivity (Wildman–Crippen MR) is 121 cm³/mol. The SMILES string of the molecule is O=C1NOCC1NC(=S)c1ccc(N2CCC(c3cc(Cl)cc(Br)c3)(C(F)F)C2)cn1. The second kappa shape index (κ2) is 8.93. The summed E-state index contributed by atoms with van der Waals surface area (Å²) in [4.78, 5) is 23.0. The minimum atomic E-state index is -2.55. The van der Waals surface area contributed by atoms with Gasteiger partial charge in [-0.05, 0) is 42.3 Å². The molecule has 2 fully saturated rings. The first-order chi connectivity index (χ1) is 14.8. The molecule has 1 aromatic heterocycles. The number of aromatic nitrogens is 1. The minimum absolute atomic E-state index is 0.140. The lowest BCUT2D eigenvalue weighted by Crippen LogP contribution is -2.41. The van der Waals surface area contributed by atoms with Crippen LogP contribution in [0.3, 0.4) is 0 Å². The van der Waals surface area contributed by atoms with Crippen LogP contribution in [0.15, 0.2) is 41.0 Å². The maximum Gasteiger partial charge on any atom is 0.268 e. The maximum absolute atomic E-state index is 14.3. The van der Waals surface area contributed by atoms with Crippen molar-refractivity contribution in [2.75, 3.05) is 24.6 Å². The fourth-order valence-electron chi connectivity index (χ4n) is 3.82. The Morgan fingerprint density at radius 3 is 2.84 bits per heavy atom. The number of anilines is 1. The number of alkyl halides is 2. The predicted octanol–water partition coefficient (Wildman–Crippen LogP) is 3.61. The number of carbonyl (C=O) groups is 1. The number of thiocarbonyl (C=S) groups is 1. The highest BCUT2D eigenvalue weighted by Gasteiger charge is 2.47. The molecule has 4 rings (SSSR count). The van der Waals surface area contributed by atoms with E-state index in [0.717, 1.165) is 5.69 Å². The van der Waals surface area contributed by atoms with Crippen molar-refractivity contribution in [3.8, 4) is 0 Å². The molecule has 2 N–H and O–H groups in total. The molecule has 2 aromatic rings. The van der Waals surface area contributed by atoms with Gasteiger partial charge in [0.25, 0.3) is 5.91 Å². The van der Waals surface area contributed by atoms with Crippen LogP contribution in [-0.2, 0) is 15.0 Å². The number of carbonyl (C=O) groups excluding carboxylic acids is 1. The fraction of sp³-hybridized carbons (Fsp3) is 0.350. The Morgan fingerprint density at radius 1 is 1.42 bits per heavy atom. The highest BCUT2D eigenvalue weighted by atomic mass is 79.9. The van der Waals surface area contributed by atoms with E-state index in [9.17, 15) is 13.6 Å². The molecule has 2 atom stereocenters. The molecule has 1 amide bonds. The number of amides is 1. The number of hydrogen-bond donors (Lipinski definition) is 2. The lowest BCUT2D eigenvalue weighted by molar-refractivity contribution is -0.124. The summed E-state index contributed by atoms with van der Waals surface area (Å²) in [6.45, 7) is 0.763. The number of hydroxylamine groups is 1. The summed E-state index contributed by atoms with van der Waals surface area (Å²) in [5, 5.41) is 3.31. The monoisotopic (exact) mass is 530 g/mol. The molecular formula is C20H18BrClF2N4O2S. The van der Waals surface area contributed by atoms with E-state index in [1.54, 1.807) is 36.5 Å². The Hall–Kier alpha value is -1.88. The van der Waals surface area contributed by atoms with Crippen molar-refractivity contribution in [3.63, 3.8) is 0 Å². The van der Waals surface area contributed by atoms with Crippen molar-refractivity contribution in [3.05, 3.63) is 57.3 Å². The Kier molecular flexibility index (Phi) is 6.43. The van der Waals surface area contributed by atoms with Crippen LogP contribution in [0.1, 0.15) is 17.7 Å². The number of halogens is 4. The first-order valence-corrected chi connectivity index (χ1v) is 11.0. The number of hydrogen-bond acceptors (Lipinski definition) is 5. The second-order valence-corrected chi connectivity index (χ2v) is 9.25. The molecule has 2 aliphatic heterocycles. The van der Waals surface area contributed by atoms with Gasteiger partial charge in [-0.3, -0.25) is 14.6 Å². The Labute approximate surface area is 196 Å². The molecule has 1 aromatic carbocycles. The highest BCUT2D eigenvalue weighted by Crippen LogP contribution is 2.43. The van der Waals surface area contributed by atoms with Crippen LogP contribution in [0.4, 0.5) is 14.5 Å². The van der Waals surface area contributed by atoms with Crippen LogP contribution < -0.4 is 15.7 Å². The molecule has 0 spiro atoms. The third-order valence-corrected chi connectivity index (χ3v) is 6.55. The van der Waals surface area contributed by atoms with E-state index in [1.165, 1.54) is 0 Å². The summed E-state index contributed by atoms with van der Waals surface area (Å²) in [6, 6.07) is 7.91. The van der Waals surface area contributed by atoms with E-state index in [2.05, 4.69) is 31.7 Å². The van der Waals surface area contributed by atoms with Crippen LogP contribution in [0.5, 0.6) is 0 Å². The van der Waals surface area contributed by atoms with Gasteiger partial charge < -0.3 is 10.2 Å². The number of nitrogens with zero attached hydrogens (tertiary/aromatic N) is 2. The molecule has 0 radical (unpaired) electrons. The third kappa shape index (κ3) is 4.52. The van der Waals surface area contributed by atoms with Crippen LogP contribution in [0.2, 0.25) is 5.02 Å². The zero-order valence-electron chi connectivity index (χ0n) is 16.1. The molecule has 0 saturated carbocycles. The number of rotatable bonds is 5. The maximum atomic E-state index is 14.3. The summed E-state index contributed by atoms with van der Waals surface area (Å²) < 4.78 is 29.2. The van der Waals surface area contributed by atoms with Gasteiger partial charge in [0.2, 0.25) is 6.43 Å². The Bertz CT molecular complexity index is 993. The summed E-state index contributed by atoms with van der Waals surface area (Å²) >= 11 is 14.8. The first-order valence-electron chi connectivity index (χ1n) is 9.47. The molecule has 6 nitrogen and oxygen atoms in total. The van der Waals surface area contributed by atoms with Gasteiger partial charge in [0, 0.05) is 22.6 Å². The lowest BCUT2D eigenvalue weighted by atomic mass is 9.80. The largest absolute Gasteiger partial charge is 0.369 e. The average molecular weight is 532 g/mol. The molecule has 164 valence electrons. The molecule has 31 heavy (non-hydrogen) atoms. The fourth-order valence-corrected chi connectivity index (χ4v) is 4.95. The number of nitrogens with one attached hydrogen (secondary N) is 2. The van der Waals surface area contributed by atoms with Gasteiger partial charge in [0.1, 0.15) is 17.6 Å². The summed E-state index contributed by atoms with van der Waals surface area (Å²) in [5.41, 5.74) is 2.64. The number of benzene rings is 1. The molecule has 2 saturated heterocycles. The van der Waals surface area contributed by atoms with E-state index in [1.807, 2.05) is 4.90 Å². The summed E-state index contributed by atoms with van der Waals surface area (Å²) in [5.74, 6) is -0.299. The standard InChI is InChI=1S/C20H18BrClF2N4O2S/c21-12-5-11(6-13(22)7-12)20(19(23)24)3-4-28(10-20)14-1-2-15(25-8-14)18(31)26-16-9-30-27-17(16)29/h1-2,5-8,16,19H,3-4,9-10H2,(H,26,31)(H,27,29). The smallest absolute Gasteiger partial charge is 0.268 e. The van der Waals surface area contributed by atoms with Crippen LogP contribution in [0, 0.1) is 0 Å². The Balaban J connectivity index is 1.50. The van der Waals surface area contributed by atoms with Gasteiger partial charge in [0.15, 0.2) is 0 Å². The minimum Gasteiger partial charge on any atom is -0.369 e. The molecular weight excluding hydrogens is 514 g/mol. The summed E-state index contributed by atoms with van der Waals surface area (Å²) in [7, 11) is 0. The van der Waals surface area contributed by atoms with Crippen LogP contribution in [0.25, 0.3) is 0 Å². The van der Waals surface area contributed by atoms with Gasteiger partial charge >= 0.3 is 0 Å². The lowest BCUT2D eigenvalue weighted by Gasteiger charge is -2.30. The van der Waals surface area contributed by atoms with Crippen molar-refractivity contribution in [1.82, 2.24) is 15.8 Å². The van der Waals surface area contributed by atoms with E-state index in [0.29, 0.717) is 32.3 Å². The van der Waals surface area contributed by atoms with Crippen molar-refractivity contribution in [2.24, 2.45) is 0 Å². The molecule has 3 heterocycles. The van der Waals surface area contributed by atoms with E-state index in [-0.39, 0.29) is 25.5 Å². The highest BCUT2D eigenvalue weighted by molar-refractivity contribution is 9.10. The quantitative estimate of drug-likeness (QED) is 0.575. The second-order valence-electron chi connectivity index (χ2n) is 7.49. The van der Waals surface area contributed by atoms with Crippen molar-refractivity contribution < 1.29 is 18.4 Å². The van der Waals surface area contributed by atoms with E-state index in [4.69, 9.17) is 28.7 Å². The Morgan fingerprint density at radius 2 is 2.23 bits per heavy atom. The van der Waals surface area contributed by atoms with Crippen molar-refractivity contribution >= 4 is 56.3 Å².